The number of likely N-dealkylation sites (tertiary alicyclic amines) is 2. The van der Waals surface area contributed by atoms with Gasteiger partial charge < -0.3 is 42.9 Å². The predicted octanol–water partition coefficient (Wildman–Crippen LogP) is -3.49. The highest BCUT2D eigenvalue weighted by Gasteiger charge is 2.45. The van der Waals surface area contributed by atoms with Crippen molar-refractivity contribution in [2.75, 3.05) is 19.6 Å². The maximum absolute atomic E-state index is 12.7. The molecule has 0 radical (unpaired) electrons. The Kier molecular flexibility index (Phi) is 11.6. The van der Waals surface area contributed by atoms with E-state index in [1.165, 1.54) is 11.8 Å². The van der Waals surface area contributed by atoms with Crippen molar-refractivity contribution in [3.05, 3.63) is 0 Å². The monoisotopic (exact) mass is 519 g/mol. The van der Waals surface area contributed by atoms with Crippen LogP contribution in [0.25, 0.3) is 0 Å². The van der Waals surface area contributed by atoms with Gasteiger partial charge in [-0.3, -0.25) is 19.4 Å². The summed E-state index contributed by atoms with van der Waals surface area (Å²) in [5.41, 5.74) is 20.9. The molecule has 0 aromatic rings. The third-order valence-electron chi connectivity index (χ3n) is 5.44. The number of rotatable bonds is 8. The van der Waals surface area contributed by atoms with E-state index in [1.54, 1.807) is 0 Å². The van der Waals surface area contributed by atoms with Crippen LogP contribution in [0.5, 0.6) is 0 Å². The number of aliphatic imine (C=N–C) groups is 1. The van der Waals surface area contributed by atoms with Crippen molar-refractivity contribution in [1.82, 2.24) is 9.80 Å². The van der Waals surface area contributed by atoms with Crippen LogP contribution in [0, 0.1) is 0 Å². The molecule has 198 valence electrons. The fraction of sp³-hybridized carbons (Fsp3) is 0.684. The number of amides is 2. The van der Waals surface area contributed by atoms with Gasteiger partial charge in [0.05, 0.1) is 10.9 Å². The van der Waals surface area contributed by atoms with Gasteiger partial charge in [-0.25, -0.2) is 4.79 Å². The lowest BCUT2D eigenvalue weighted by Crippen LogP contribution is -2.54. The first-order valence-corrected chi connectivity index (χ1v) is 11.9. The van der Waals surface area contributed by atoms with Crippen molar-refractivity contribution in [1.29, 1.82) is 0 Å². The van der Waals surface area contributed by atoms with Gasteiger partial charge in [0.25, 0.3) is 0 Å². The second kappa shape index (κ2) is 13.6. The largest absolute Gasteiger partial charge is 0.480 e. The van der Waals surface area contributed by atoms with E-state index in [4.69, 9.17) is 28.0 Å². The van der Waals surface area contributed by atoms with Crippen LogP contribution in [0.1, 0.15) is 39.0 Å². The summed E-state index contributed by atoms with van der Waals surface area (Å²) in [6, 6.07) is -3.85. The summed E-state index contributed by atoms with van der Waals surface area (Å²) < 4.78 is 22.3. The topological polar surface area (TPSA) is 266 Å². The normalized spacial score (nSPS) is 20.9. The molecule has 16 heteroatoms. The molecule has 2 saturated heterocycles. The number of nitrogens with zero attached hydrogens (tertiary/aromatic N) is 3. The summed E-state index contributed by atoms with van der Waals surface area (Å²) in [6.07, 6.45) is 1.98. The van der Waals surface area contributed by atoms with Crippen molar-refractivity contribution in [3.63, 3.8) is 0 Å². The molecule has 2 aliphatic rings. The van der Waals surface area contributed by atoms with Crippen molar-refractivity contribution < 1.29 is 37.8 Å². The van der Waals surface area contributed by atoms with E-state index in [2.05, 4.69) is 4.99 Å². The fourth-order valence-corrected chi connectivity index (χ4v) is 4.40. The molecule has 2 amide bonds. The molecule has 2 fully saturated rings. The molecule has 4 atom stereocenters. The number of carbonyl (C=O) groups is 4. The fourth-order valence-electron chi connectivity index (χ4n) is 3.74. The molecule has 35 heavy (non-hydrogen) atoms. The van der Waals surface area contributed by atoms with Crippen LogP contribution in [0.2, 0.25) is 0 Å². The van der Waals surface area contributed by atoms with E-state index in [9.17, 15) is 32.7 Å². The summed E-state index contributed by atoms with van der Waals surface area (Å²) in [4.78, 5) is 52.2. The number of carboxylic acids is 2. The Bertz CT molecular complexity index is 970. The molecule has 0 bridgehead atoms. The maximum atomic E-state index is 12.7. The second-order valence-electron chi connectivity index (χ2n) is 8.10. The van der Waals surface area contributed by atoms with Crippen molar-refractivity contribution >= 4 is 44.9 Å². The smallest absolute Gasteiger partial charge is 0.331 e. The Balaban J connectivity index is 0.000000434. The van der Waals surface area contributed by atoms with Crippen LogP contribution in [-0.4, -0.2) is 107 Å². The van der Waals surface area contributed by atoms with E-state index < -0.39 is 52.3 Å². The van der Waals surface area contributed by atoms with Crippen molar-refractivity contribution in [2.24, 2.45) is 27.9 Å². The molecule has 0 aromatic carbocycles. The number of carbonyl (C=O) groups excluding carboxylic acids is 2. The van der Waals surface area contributed by atoms with Crippen LogP contribution in [0.3, 0.4) is 0 Å². The van der Waals surface area contributed by atoms with Gasteiger partial charge >= 0.3 is 11.9 Å². The zero-order valence-corrected chi connectivity index (χ0v) is 20.2. The van der Waals surface area contributed by atoms with Gasteiger partial charge in [-0.1, -0.05) is 0 Å². The molecule has 15 nitrogen and oxygen atoms in total. The summed E-state index contributed by atoms with van der Waals surface area (Å²) in [7, 11) is -2.66. The van der Waals surface area contributed by atoms with E-state index in [-0.39, 0.29) is 29.7 Å². The lowest BCUT2D eigenvalue weighted by molar-refractivity contribution is -0.150. The van der Waals surface area contributed by atoms with E-state index in [1.807, 2.05) is 0 Å². The predicted molar refractivity (Wildman–Crippen MR) is 126 cm³/mol. The van der Waals surface area contributed by atoms with Crippen molar-refractivity contribution in [3.8, 4) is 0 Å². The third kappa shape index (κ3) is 8.48. The Hall–Kier alpha value is -3.24. The van der Waals surface area contributed by atoms with Crippen LogP contribution >= 0.6 is 0 Å². The minimum Gasteiger partial charge on any atom is -0.480 e. The minimum absolute atomic E-state index is 0.00717. The highest BCUT2D eigenvalue weighted by molar-refractivity contribution is 7.73. The summed E-state index contributed by atoms with van der Waals surface area (Å²) in [5, 5.41) is 17.6. The van der Waals surface area contributed by atoms with Gasteiger partial charge in [-0.2, -0.15) is 8.42 Å². The minimum atomic E-state index is -2.66. The van der Waals surface area contributed by atoms with Crippen molar-refractivity contribution in [2.45, 2.75) is 63.2 Å². The Morgan fingerprint density at radius 1 is 1.11 bits per heavy atom. The Morgan fingerprint density at radius 3 is 2.23 bits per heavy atom. The molecule has 2 aliphatic heterocycles. The van der Waals surface area contributed by atoms with E-state index in [0.29, 0.717) is 38.8 Å². The third-order valence-corrected chi connectivity index (χ3v) is 6.30. The first-order valence-electron chi connectivity index (χ1n) is 10.9. The summed E-state index contributed by atoms with van der Waals surface area (Å²) in [6.45, 7) is 2.33. The zero-order chi connectivity index (χ0) is 26.9. The summed E-state index contributed by atoms with van der Waals surface area (Å²) in [5.74, 6) is -3.29. The number of hydrogen-bond donors (Lipinski definition) is 6. The van der Waals surface area contributed by atoms with Crippen LogP contribution in [0.15, 0.2) is 4.99 Å². The zero-order valence-electron chi connectivity index (χ0n) is 19.4. The molecule has 0 unspecified atom stereocenters. The lowest BCUT2D eigenvalue weighted by atomic mass is 10.1. The first-order chi connectivity index (χ1) is 16.3. The Labute approximate surface area is 203 Å². The van der Waals surface area contributed by atoms with Crippen LogP contribution < -0.4 is 22.9 Å². The molecule has 2 heterocycles. The van der Waals surface area contributed by atoms with E-state index >= 15 is 0 Å². The van der Waals surface area contributed by atoms with Gasteiger partial charge in [-0.05, 0) is 32.6 Å². The molecular formula is C19H33N7O8S. The van der Waals surface area contributed by atoms with Gasteiger partial charge in [0.2, 0.25) is 22.1 Å². The number of carboxylic acid groups (broad SMARTS) is 2. The van der Waals surface area contributed by atoms with Crippen LogP contribution in [0.4, 0.5) is 0 Å². The maximum Gasteiger partial charge on any atom is 0.331 e. The molecule has 0 saturated carbocycles. The first kappa shape index (κ1) is 29.8. The standard InChI is InChI=1S/C13H19N3O6S.C6H14N4O2/c1-7(14)11(17)15-5-2-3-8(15)12(18)16-6-4-9(23(21)22)10(16)13(19)20;7-4(5(11)12)2-1-3-10-6(8)9/h7-8,10H,2-6,14H2,1H3,(H,19,20);4H,1-3,7H2,(H,11,12)(H4,8,9,10)/t7-,8-,10-;4-/m00/s1. The number of hydrogen-bond acceptors (Lipinski definition) is 9. The van der Waals surface area contributed by atoms with Gasteiger partial charge in [0.1, 0.15) is 12.1 Å². The molecular weight excluding hydrogens is 486 g/mol. The highest BCUT2D eigenvalue weighted by Crippen LogP contribution is 2.24. The molecule has 0 aliphatic carbocycles. The molecule has 0 aromatic heterocycles. The molecule has 2 rings (SSSR count). The number of aliphatic carboxylic acids is 2. The second-order valence-corrected chi connectivity index (χ2v) is 9.09. The molecule has 0 spiro atoms. The lowest BCUT2D eigenvalue weighted by Gasteiger charge is -2.30. The number of nitrogens with two attached hydrogens (primary N) is 4. The van der Waals surface area contributed by atoms with Gasteiger partial charge in [-0.15, -0.1) is 0 Å². The Morgan fingerprint density at radius 2 is 1.74 bits per heavy atom. The van der Waals surface area contributed by atoms with Crippen LogP contribution in [-0.2, 0) is 29.5 Å². The molecule has 10 N–H and O–H groups in total. The average Bonchev–Trinajstić information content (AvgIpc) is 3.43. The highest BCUT2D eigenvalue weighted by atomic mass is 32.2. The average molecular weight is 520 g/mol. The van der Waals surface area contributed by atoms with E-state index in [0.717, 1.165) is 4.90 Å². The van der Waals surface area contributed by atoms with Gasteiger partial charge in [0, 0.05) is 26.1 Å². The van der Waals surface area contributed by atoms with Gasteiger partial charge in [0.15, 0.2) is 12.0 Å². The SMILES string of the molecule is C[C@H](N)C(=O)N1CCC[C@H]1C(=O)N1CCC(=S(=O)=O)[C@H]1C(=O)O.NC(N)=NCCC[C@H](N)C(=O)O. The summed E-state index contributed by atoms with van der Waals surface area (Å²) >= 11 is 0. The number of guanidine groups is 1. The quantitative estimate of drug-likeness (QED) is 0.0789.